The molecule has 3 saturated heterocycles. The van der Waals surface area contributed by atoms with Crippen molar-refractivity contribution in [3.05, 3.63) is 0 Å². The van der Waals surface area contributed by atoms with Gasteiger partial charge in [0.25, 0.3) is 5.91 Å². The molecule has 1 amide bonds. The van der Waals surface area contributed by atoms with E-state index < -0.39 is 27.0 Å². The summed E-state index contributed by atoms with van der Waals surface area (Å²) in [5.41, 5.74) is 2.42. The van der Waals surface area contributed by atoms with Gasteiger partial charge in [-0.15, -0.1) is 0 Å². The lowest BCUT2D eigenvalue weighted by Gasteiger charge is -2.41. The van der Waals surface area contributed by atoms with Crippen molar-refractivity contribution in [3.63, 3.8) is 0 Å². The number of piperidine rings is 1. The Kier molecular flexibility index (Phi) is 10.8. The highest BCUT2D eigenvalue weighted by molar-refractivity contribution is 7.91. The van der Waals surface area contributed by atoms with Crippen molar-refractivity contribution in [2.75, 3.05) is 46.1 Å². The first kappa shape index (κ1) is 26.8. The Labute approximate surface area is 198 Å². The maximum Gasteiger partial charge on any atom is 0.266 e. The van der Waals surface area contributed by atoms with E-state index in [4.69, 9.17) is 19.0 Å². The van der Waals surface area contributed by atoms with Crippen LogP contribution in [0.5, 0.6) is 0 Å². The molecule has 9 nitrogen and oxygen atoms in total. The highest BCUT2D eigenvalue weighted by atomic mass is 32.2. The van der Waals surface area contributed by atoms with Crippen molar-refractivity contribution in [1.29, 1.82) is 0 Å². The fraction of sp³-hybridized carbons (Fsp3) is 0.957. The molecule has 10 heteroatoms. The van der Waals surface area contributed by atoms with Crippen LogP contribution in [0.4, 0.5) is 0 Å². The summed E-state index contributed by atoms with van der Waals surface area (Å²) in [5.74, 6) is -0.156. The van der Waals surface area contributed by atoms with Crippen molar-refractivity contribution in [2.45, 2.75) is 88.6 Å². The second kappa shape index (κ2) is 13.3. The number of nitrogens with zero attached hydrogens (tertiary/aromatic N) is 1. The summed E-state index contributed by atoms with van der Waals surface area (Å²) in [6.07, 6.45) is 8.32. The van der Waals surface area contributed by atoms with Crippen LogP contribution in [0.25, 0.3) is 0 Å². The van der Waals surface area contributed by atoms with E-state index in [1.807, 2.05) is 0 Å². The van der Waals surface area contributed by atoms with Crippen LogP contribution < -0.4 is 5.48 Å². The van der Waals surface area contributed by atoms with Gasteiger partial charge < -0.3 is 14.2 Å². The Bertz CT molecular complexity index is 683. The van der Waals surface area contributed by atoms with Gasteiger partial charge in [0.2, 0.25) is 10.0 Å². The summed E-state index contributed by atoms with van der Waals surface area (Å²) >= 11 is 0. The van der Waals surface area contributed by atoms with Crippen molar-refractivity contribution >= 4 is 15.9 Å². The minimum atomic E-state index is -3.87. The van der Waals surface area contributed by atoms with Crippen molar-refractivity contribution in [1.82, 2.24) is 9.79 Å². The van der Waals surface area contributed by atoms with E-state index in [1.165, 1.54) is 17.1 Å². The van der Waals surface area contributed by atoms with E-state index >= 15 is 0 Å². The number of amides is 1. The molecule has 3 rings (SSSR count). The van der Waals surface area contributed by atoms with Crippen LogP contribution in [0.15, 0.2) is 0 Å². The minimum absolute atomic E-state index is 0.127. The van der Waals surface area contributed by atoms with Gasteiger partial charge in [-0.05, 0) is 44.4 Å². The van der Waals surface area contributed by atoms with E-state index in [0.29, 0.717) is 32.0 Å². The second-order valence-corrected chi connectivity index (χ2v) is 11.7. The first-order valence-corrected chi connectivity index (χ1v) is 14.2. The molecule has 0 aliphatic carbocycles. The Morgan fingerprint density at radius 3 is 2.48 bits per heavy atom. The molecule has 0 bridgehead atoms. The quantitative estimate of drug-likeness (QED) is 0.331. The second-order valence-electron chi connectivity index (χ2n) is 9.41. The van der Waals surface area contributed by atoms with Crippen LogP contribution in [-0.2, 0) is 33.9 Å². The standard InChI is InChI=1S/C23H42N2O7S/c1-2-3-5-15-29-17-10-20-8-13-25(14-9-20)33(27,28)23(11-18-30-19-12-23)22(26)24-32-21-7-4-6-16-31-21/h20-21H,2-19H2,1H3,(H,24,26). The average Bonchev–Trinajstić information content (AvgIpc) is 2.86. The van der Waals surface area contributed by atoms with E-state index in [-0.39, 0.29) is 26.1 Å². The summed E-state index contributed by atoms with van der Waals surface area (Å²) in [7, 11) is -3.87. The molecular formula is C23H42N2O7S. The molecule has 0 aromatic heterocycles. The molecule has 0 aromatic rings. The van der Waals surface area contributed by atoms with Gasteiger partial charge in [0.15, 0.2) is 11.0 Å². The van der Waals surface area contributed by atoms with Crippen LogP contribution in [0, 0.1) is 5.92 Å². The van der Waals surface area contributed by atoms with Crippen molar-refractivity contribution in [2.24, 2.45) is 5.92 Å². The minimum Gasteiger partial charge on any atom is -0.381 e. The maximum absolute atomic E-state index is 13.7. The number of unbranched alkanes of at least 4 members (excludes halogenated alkanes) is 2. The zero-order valence-corrected chi connectivity index (χ0v) is 20.9. The third-order valence-corrected chi connectivity index (χ3v) is 9.73. The van der Waals surface area contributed by atoms with Crippen molar-refractivity contribution < 1.29 is 32.3 Å². The number of nitrogens with one attached hydrogen (secondary N) is 1. The molecule has 0 aromatic carbocycles. The molecule has 192 valence electrons. The summed E-state index contributed by atoms with van der Waals surface area (Å²) in [4.78, 5) is 18.6. The number of hydrogen-bond donors (Lipinski definition) is 1. The van der Waals surface area contributed by atoms with Crippen LogP contribution in [0.2, 0.25) is 0 Å². The number of carbonyl (C=O) groups is 1. The van der Waals surface area contributed by atoms with Gasteiger partial charge in [-0.3, -0.25) is 4.79 Å². The SMILES string of the molecule is CCCCCOCCC1CCN(S(=O)(=O)C2(C(=O)NOC3CCCCO3)CCOCC2)CC1. The average molecular weight is 491 g/mol. The molecular weight excluding hydrogens is 448 g/mol. The zero-order chi connectivity index (χ0) is 23.6. The zero-order valence-electron chi connectivity index (χ0n) is 20.1. The van der Waals surface area contributed by atoms with E-state index in [1.54, 1.807) is 0 Å². The molecule has 3 heterocycles. The summed E-state index contributed by atoms with van der Waals surface area (Å²) in [6, 6.07) is 0. The predicted molar refractivity (Wildman–Crippen MR) is 124 cm³/mol. The van der Waals surface area contributed by atoms with Crippen LogP contribution in [-0.4, -0.2) is 75.8 Å². The number of ether oxygens (including phenoxy) is 3. The molecule has 3 aliphatic heterocycles. The number of sulfonamides is 1. The lowest BCUT2D eigenvalue weighted by Crippen LogP contribution is -2.61. The summed E-state index contributed by atoms with van der Waals surface area (Å²) in [6.45, 7) is 5.62. The molecule has 1 atom stereocenters. The van der Waals surface area contributed by atoms with Gasteiger partial charge in [0.05, 0.1) is 0 Å². The Balaban J connectivity index is 1.53. The Hall–Kier alpha value is -0.780. The number of rotatable bonds is 12. The molecule has 1 unspecified atom stereocenters. The molecule has 0 radical (unpaired) electrons. The fourth-order valence-electron chi connectivity index (χ4n) is 4.81. The highest BCUT2D eigenvalue weighted by Crippen LogP contribution is 2.35. The normalized spacial score (nSPS) is 25.1. The number of hydroxylamine groups is 1. The van der Waals surface area contributed by atoms with Crippen LogP contribution in [0.3, 0.4) is 0 Å². The highest BCUT2D eigenvalue weighted by Gasteiger charge is 2.54. The maximum atomic E-state index is 13.7. The van der Waals surface area contributed by atoms with E-state index in [9.17, 15) is 13.2 Å². The lowest BCUT2D eigenvalue weighted by atomic mass is 9.95. The molecule has 3 fully saturated rings. The smallest absolute Gasteiger partial charge is 0.266 e. The van der Waals surface area contributed by atoms with Gasteiger partial charge in [-0.1, -0.05) is 19.8 Å². The lowest BCUT2D eigenvalue weighted by molar-refractivity contribution is -0.202. The largest absolute Gasteiger partial charge is 0.381 e. The fourth-order valence-corrected chi connectivity index (χ4v) is 6.96. The van der Waals surface area contributed by atoms with Crippen LogP contribution >= 0.6 is 0 Å². The third-order valence-electron chi connectivity index (χ3n) is 7.11. The molecule has 33 heavy (non-hydrogen) atoms. The van der Waals surface area contributed by atoms with E-state index in [0.717, 1.165) is 51.7 Å². The van der Waals surface area contributed by atoms with Gasteiger partial charge >= 0.3 is 0 Å². The molecule has 1 N–H and O–H groups in total. The Morgan fingerprint density at radius 2 is 1.82 bits per heavy atom. The van der Waals surface area contributed by atoms with Gasteiger partial charge in [-0.25, -0.2) is 23.0 Å². The van der Waals surface area contributed by atoms with E-state index in [2.05, 4.69) is 12.4 Å². The number of carbonyl (C=O) groups excluding carboxylic acids is 1. The molecule has 3 aliphatic rings. The Morgan fingerprint density at radius 1 is 1.06 bits per heavy atom. The number of hydrogen-bond acceptors (Lipinski definition) is 7. The van der Waals surface area contributed by atoms with Gasteiger partial charge in [-0.2, -0.15) is 0 Å². The van der Waals surface area contributed by atoms with Gasteiger partial charge in [0, 0.05) is 65.4 Å². The summed E-state index contributed by atoms with van der Waals surface area (Å²) < 4.78 is 44.0. The first-order chi connectivity index (χ1) is 16.0. The van der Waals surface area contributed by atoms with Crippen molar-refractivity contribution in [3.8, 4) is 0 Å². The molecule has 0 saturated carbocycles. The third kappa shape index (κ3) is 7.11. The first-order valence-electron chi connectivity index (χ1n) is 12.7. The van der Waals surface area contributed by atoms with Crippen LogP contribution in [0.1, 0.15) is 77.6 Å². The van der Waals surface area contributed by atoms with Gasteiger partial charge in [0.1, 0.15) is 0 Å². The summed E-state index contributed by atoms with van der Waals surface area (Å²) in [5, 5.41) is 0. The predicted octanol–water partition coefficient (Wildman–Crippen LogP) is 2.75. The topological polar surface area (TPSA) is 103 Å². The monoisotopic (exact) mass is 490 g/mol. The molecule has 0 spiro atoms.